The Kier molecular flexibility index (Phi) is 3.68. The summed E-state index contributed by atoms with van der Waals surface area (Å²) in [6, 6.07) is -0.164. The van der Waals surface area contributed by atoms with Crippen LogP contribution in [0.15, 0.2) is 6.20 Å². The van der Waals surface area contributed by atoms with E-state index < -0.39 is 6.10 Å². The van der Waals surface area contributed by atoms with Gasteiger partial charge in [0.25, 0.3) is 5.91 Å². The molecule has 2 heterocycles. The Bertz CT molecular complexity index is 443. The Morgan fingerprint density at radius 2 is 2.39 bits per heavy atom. The highest BCUT2D eigenvalue weighted by Crippen LogP contribution is 2.15. The van der Waals surface area contributed by atoms with E-state index in [1.165, 1.54) is 0 Å². The minimum absolute atomic E-state index is 0.0762. The summed E-state index contributed by atoms with van der Waals surface area (Å²) < 4.78 is 1.66. The molecule has 0 aliphatic carbocycles. The van der Waals surface area contributed by atoms with Crippen molar-refractivity contribution in [2.75, 3.05) is 20.1 Å². The number of likely N-dealkylation sites (N-methyl/N-ethyl adjacent to an activating group) is 1. The Morgan fingerprint density at radius 3 is 2.94 bits per heavy atom. The topological polar surface area (TPSA) is 70.4 Å². The third-order valence-corrected chi connectivity index (χ3v) is 3.44. The van der Waals surface area contributed by atoms with E-state index in [0.29, 0.717) is 18.7 Å². The second-order valence-electron chi connectivity index (χ2n) is 4.73. The van der Waals surface area contributed by atoms with E-state index in [2.05, 4.69) is 10.4 Å². The van der Waals surface area contributed by atoms with Gasteiger partial charge in [0, 0.05) is 33.4 Å². The summed E-state index contributed by atoms with van der Waals surface area (Å²) in [5.74, 6) is -0.0762. The van der Waals surface area contributed by atoms with E-state index in [-0.39, 0.29) is 11.9 Å². The van der Waals surface area contributed by atoms with Gasteiger partial charge in [0.05, 0.1) is 23.4 Å². The molecular weight excluding hydrogens is 232 g/mol. The van der Waals surface area contributed by atoms with E-state index in [1.54, 1.807) is 22.8 Å². The zero-order valence-corrected chi connectivity index (χ0v) is 11.1. The fraction of sp³-hybridized carbons (Fsp3) is 0.667. The van der Waals surface area contributed by atoms with Gasteiger partial charge in [-0.2, -0.15) is 5.10 Å². The summed E-state index contributed by atoms with van der Waals surface area (Å²) >= 11 is 0. The molecule has 6 nitrogen and oxygen atoms in total. The SMILES string of the molecule is CCc1nn(C)cc1C(=O)N(C)[C@@H]1CNC[C@H]1O. The Hall–Kier alpha value is -1.40. The van der Waals surface area contributed by atoms with Crippen molar-refractivity contribution < 1.29 is 9.90 Å². The Labute approximate surface area is 107 Å². The van der Waals surface area contributed by atoms with Gasteiger partial charge in [-0.25, -0.2) is 0 Å². The summed E-state index contributed by atoms with van der Waals surface area (Å²) in [4.78, 5) is 14.0. The number of rotatable bonds is 3. The molecule has 2 atom stereocenters. The first kappa shape index (κ1) is 13.0. The summed E-state index contributed by atoms with van der Waals surface area (Å²) in [5.41, 5.74) is 1.43. The molecule has 0 saturated carbocycles. The van der Waals surface area contributed by atoms with Gasteiger partial charge in [-0.15, -0.1) is 0 Å². The summed E-state index contributed by atoms with van der Waals surface area (Å²) in [7, 11) is 3.54. The summed E-state index contributed by atoms with van der Waals surface area (Å²) in [5, 5.41) is 17.2. The smallest absolute Gasteiger partial charge is 0.257 e. The van der Waals surface area contributed by atoms with Crippen LogP contribution in [0.4, 0.5) is 0 Å². The van der Waals surface area contributed by atoms with Crippen molar-refractivity contribution >= 4 is 5.91 Å². The lowest BCUT2D eigenvalue weighted by atomic mass is 10.1. The third-order valence-electron chi connectivity index (χ3n) is 3.44. The molecule has 1 saturated heterocycles. The van der Waals surface area contributed by atoms with Gasteiger partial charge in [0.1, 0.15) is 0 Å². The van der Waals surface area contributed by atoms with Crippen LogP contribution in [0, 0.1) is 0 Å². The van der Waals surface area contributed by atoms with Crippen LogP contribution < -0.4 is 5.32 Å². The number of aromatic nitrogens is 2. The number of carbonyl (C=O) groups excluding carboxylic acids is 1. The molecule has 1 amide bonds. The largest absolute Gasteiger partial charge is 0.390 e. The number of aliphatic hydroxyl groups excluding tert-OH is 1. The highest BCUT2D eigenvalue weighted by molar-refractivity contribution is 5.95. The van der Waals surface area contributed by atoms with Crippen LogP contribution in [0.3, 0.4) is 0 Å². The third kappa shape index (κ3) is 2.26. The zero-order chi connectivity index (χ0) is 13.3. The molecular formula is C12H20N4O2. The predicted octanol–water partition coefficient (Wildman–Crippen LogP) is -0.613. The lowest BCUT2D eigenvalue weighted by Crippen LogP contribution is -2.44. The number of hydrogen-bond donors (Lipinski definition) is 2. The summed E-state index contributed by atoms with van der Waals surface area (Å²) in [6.07, 6.45) is 1.97. The molecule has 0 aromatic carbocycles. The van der Waals surface area contributed by atoms with Crippen molar-refractivity contribution in [2.45, 2.75) is 25.5 Å². The van der Waals surface area contributed by atoms with E-state index in [0.717, 1.165) is 12.1 Å². The van der Waals surface area contributed by atoms with E-state index in [1.807, 2.05) is 14.0 Å². The van der Waals surface area contributed by atoms with Crippen molar-refractivity contribution in [3.8, 4) is 0 Å². The van der Waals surface area contributed by atoms with E-state index in [4.69, 9.17) is 0 Å². The number of aryl methyl sites for hydroxylation is 2. The molecule has 18 heavy (non-hydrogen) atoms. The number of β-amino-alcohol motifs (C(OH)–C–C–N with tert-alkyl or cyclic N) is 1. The molecule has 0 spiro atoms. The van der Waals surface area contributed by atoms with Gasteiger partial charge < -0.3 is 15.3 Å². The molecule has 6 heteroatoms. The predicted molar refractivity (Wildman–Crippen MR) is 67.3 cm³/mol. The van der Waals surface area contributed by atoms with E-state index in [9.17, 15) is 9.90 Å². The molecule has 0 radical (unpaired) electrons. The highest BCUT2D eigenvalue weighted by Gasteiger charge is 2.32. The second kappa shape index (κ2) is 5.07. The average molecular weight is 252 g/mol. The first-order valence-electron chi connectivity index (χ1n) is 6.23. The lowest BCUT2D eigenvalue weighted by Gasteiger charge is -2.26. The van der Waals surface area contributed by atoms with Gasteiger partial charge in [-0.05, 0) is 6.42 Å². The zero-order valence-electron chi connectivity index (χ0n) is 11.1. The molecule has 1 aliphatic heterocycles. The first-order chi connectivity index (χ1) is 8.54. The molecule has 0 unspecified atom stereocenters. The minimum Gasteiger partial charge on any atom is -0.390 e. The maximum absolute atomic E-state index is 12.4. The van der Waals surface area contributed by atoms with Crippen molar-refractivity contribution in [2.24, 2.45) is 7.05 Å². The number of nitrogens with zero attached hydrogens (tertiary/aromatic N) is 3. The van der Waals surface area contributed by atoms with Crippen LogP contribution in [0.1, 0.15) is 23.0 Å². The van der Waals surface area contributed by atoms with Crippen molar-refractivity contribution in [3.63, 3.8) is 0 Å². The van der Waals surface area contributed by atoms with Crippen LogP contribution in [-0.4, -0.2) is 58.0 Å². The number of amides is 1. The van der Waals surface area contributed by atoms with Crippen LogP contribution in [0.2, 0.25) is 0 Å². The Balaban J connectivity index is 2.19. The van der Waals surface area contributed by atoms with Crippen LogP contribution in [0.5, 0.6) is 0 Å². The van der Waals surface area contributed by atoms with Gasteiger partial charge in [-0.1, -0.05) is 6.92 Å². The van der Waals surface area contributed by atoms with Gasteiger partial charge in [0.2, 0.25) is 0 Å². The van der Waals surface area contributed by atoms with Gasteiger partial charge >= 0.3 is 0 Å². The molecule has 2 rings (SSSR count). The second-order valence-corrected chi connectivity index (χ2v) is 4.73. The van der Waals surface area contributed by atoms with Crippen molar-refractivity contribution in [1.82, 2.24) is 20.0 Å². The molecule has 2 N–H and O–H groups in total. The number of nitrogens with one attached hydrogen (secondary N) is 1. The van der Waals surface area contributed by atoms with Crippen LogP contribution >= 0.6 is 0 Å². The van der Waals surface area contributed by atoms with Crippen molar-refractivity contribution in [1.29, 1.82) is 0 Å². The van der Waals surface area contributed by atoms with Crippen LogP contribution in [0.25, 0.3) is 0 Å². The molecule has 0 bridgehead atoms. The molecule has 1 aromatic heterocycles. The van der Waals surface area contributed by atoms with Gasteiger partial charge in [0.15, 0.2) is 0 Å². The molecule has 1 fully saturated rings. The standard InChI is InChI=1S/C12H20N4O2/c1-4-9-8(7-15(2)14-9)12(18)16(3)10-5-13-6-11(10)17/h7,10-11,13,17H,4-6H2,1-3H3/t10-,11-/m1/s1. The maximum Gasteiger partial charge on any atom is 0.257 e. The average Bonchev–Trinajstić information content (AvgIpc) is 2.93. The molecule has 1 aromatic rings. The quantitative estimate of drug-likeness (QED) is 0.753. The minimum atomic E-state index is -0.499. The first-order valence-corrected chi connectivity index (χ1v) is 6.23. The fourth-order valence-electron chi connectivity index (χ4n) is 2.36. The monoisotopic (exact) mass is 252 g/mol. The molecule has 100 valence electrons. The van der Waals surface area contributed by atoms with Crippen molar-refractivity contribution in [3.05, 3.63) is 17.5 Å². The summed E-state index contributed by atoms with van der Waals surface area (Å²) in [6.45, 7) is 3.15. The van der Waals surface area contributed by atoms with E-state index >= 15 is 0 Å². The number of hydrogen-bond acceptors (Lipinski definition) is 4. The molecule has 1 aliphatic rings. The Morgan fingerprint density at radius 1 is 1.67 bits per heavy atom. The van der Waals surface area contributed by atoms with Crippen LogP contribution in [-0.2, 0) is 13.5 Å². The number of aliphatic hydroxyl groups is 1. The fourth-order valence-corrected chi connectivity index (χ4v) is 2.36. The maximum atomic E-state index is 12.4. The normalized spacial score (nSPS) is 23.3. The van der Waals surface area contributed by atoms with Gasteiger partial charge in [-0.3, -0.25) is 9.48 Å². The highest BCUT2D eigenvalue weighted by atomic mass is 16.3. The number of carbonyl (C=O) groups is 1. The lowest BCUT2D eigenvalue weighted by molar-refractivity contribution is 0.0580.